The molecule has 15 heavy (non-hydrogen) atoms. The zero-order chi connectivity index (χ0) is 11.8. The van der Waals surface area contributed by atoms with Gasteiger partial charge in [0.05, 0.1) is 14.2 Å². The van der Waals surface area contributed by atoms with Crippen molar-refractivity contribution in [1.29, 1.82) is 0 Å². The normalized spacial score (nSPS) is 8.87. The van der Waals surface area contributed by atoms with Gasteiger partial charge in [-0.25, -0.2) is 4.57 Å². The second-order valence-corrected chi connectivity index (χ2v) is 2.87. The second kappa shape index (κ2) is 10.2. The predicted octanol–water partition coefficient (Wildman–Crippen LogP) is -4.09. The van der Waals surface area contributed by atoms with E-state index in [0.717, 1.165) is 0 Å². The van der Waals surface area contributed by atoms with E-state index in [4.69, 9.17) is 19.2 Å². The zero-order valence-electron chi connectivity index (χ0n) is 9.54. The molecule has 0 radical (unpaired) electrons. The van der Waals surface area contributed by atoms with Crippen LogP contribution in [0.2, 0.25) is 0 Å². The van der Waals surface area contributed by atoms with Crippen molar-refractivity contribution in [3.05, 3.63) is 0 Å². The SMILES string of the molecule is COC(=O)CC(=O)OC.O=P(O)(O)O.[H-].[Li+]. The molecular formula is C5H12LiO8P. The van der Waals surface area contributed by atoms with Crippen LogP contribution in [0.3, 0.4) is 0 Å². The first-order chi connectivity index (χ1) is 6.20. The molecular weight excluding hydrogens is 226 g/mol. The van der Waals surface area contributed by atoms with Crippen molar-refractivity contribution in [3.8, 4) is 0 Å². The number of carbonyl (C=O) groups is 2. The molecule has 0 atom stereocenters. The number of carbonyl (C=O) groups excluding carboxylic acids is 2. The van der Waals surface area contributed by atoms with Gasteiger partial charge < -0.3 is 25.6 Å². The molecule has 0 fully saturated rings. The molecule has 8 nitrogen and oxygen atoms in total. The molecule has 0 aliphatic heterocycles. The second-order valence-electron chi connectivity index (χ2n) is 1.84. The van der Waals surface area contributed by atoms with Crippen LogP contribution in [0.4, 0.5) is 0 Å². The van der Waals surface area contributed by atoms with Crippen molar-refractivity contribution in [2.75, 3.05) is 14.2 Å². The summed E-state index contributed by atoms with van der Waals surface area (Å²) in [6, 6.07) is 0. The van der Waals surface area contributed by atoms with Crippen LogP contribution in [0.5, 0.6) is 0 Å². The van der Waals surface area contributed by atoms with Crippen molar-refractivity contribution in [2.24, 2.45) is 0 Å². The van der Waals surface area contributed by atoms with Gasteiger partial charge in [0.1, 0.15) is 6.42 Å². The number of methoxy groups -OCH3 is 2. The van der Waals surface area contributed by atoms with E-state index in [9.17, 15) is 9.59 Å². The van der Waals surface area contributed by atoms with Crippen molar-refractivity contribution in [2.45, 2.75) is 6.42 Å². The molecule has 0 unspecified atom stereocenters. The van der Waals surface area contributed by atoms with Gasteiger partial charge in [0.25, 0.3) is 0 Å². The molecule has 0 aliphatic rings. The minimum absolute atomic E-state index is 0. The Labute approximate surface area is 99.5 Å². The van der Waals surface area contributed by atoms with Gasteiger partial charge >= 0.3 is 38.6 Å². The molecule has 0 aromatic rings. The summed E-state index contributed by atoms with van der Waals surface area (Å²) in [4.78, 5) is 42.1. The molecule has 0 aromatic heterocycles. The summed E-state index contributed by atoms with van der Waals surface area (Å²) in [5, 5.41) is 0. The number of hydrogen-bond acceptors (Lipinski definition) is 5. The molecule has 0 aromatic carbocycles. The Bertz CT molecular complexity index is 218. The third-order valence-electron chi connectivity index (χ3n) is 0.744. The monoisotopic (exact) mass is 238 g/mol. The maximum absolute atomic E-state index is 10.3. The van der Waals surface area contributed by atoms with Crippen LogP contribution in [-0.4, -0.2) is 40.8 Å². The Morgan fingerprint density at radius 1 is 1.13 bits per heavy atom. The molecule has 0 saturated carbocycles. The van der Waals surface area contributed by atoms with Gasteiger partial charge in [-0.2, -0.15) is 0 Å². The van der Waals surface area contributed by atoms with E-state index in [2.05, 4.69) is 9.47 Å². The van der Waals surface area contributed by atoms with Crippen LogP contribution in [0.1, 0.15) is 7.85 Å². The molecule has 0 aliphatic carbocycles. The first-order valence-corrected chi connectivity index (χ1v) is 4.69. The van der Waals surface area contributed by atoms with Crippen LogP contribution in [0.15, 0.2) is 0 Å². The van der Waals surface area contributed by atoms with Crippen LogP contribution in [0, 0.1) is 0 Å². The van der Waals surface area contributed by atoms with E-state index < -0.39 is 19.8 Å². The molecule has 0 bridgehead atoms. The van der Waals surface area contributed by atoms with Crippen LogP contribution in [-0.2, 0) is 23.6 Å². The molecule has 0 spiro atoms. The van der Waals surface area contributed by atoms with E-state index in [1.54, 1.807) is 0 Å². The minimum Gasteiger partial charge on any atom is -1.00 e. The fourth-order valence-electron chi connectivity index (χ4n) is 0.262. The summed E-state index contributed by atoms with van der Waals surface area (Å²) >= 11 is 0. The Kier molecular flexibility index (Phi) is 13.6. The van der Waals surface area contributed by atoms with E-state index in [1.807, 2.05) is 0 Å². The van der Waals surface area contributed by atoms with Gasteiger partial charge in [0.2, 0.25) is 0 Å². The fourth-order valence-corrected chi connectivity index (χ4v) is 0.262. The standard InChI is InChI=1S/C5H8O4.Li.H3O4P.H/c1-8-4(6)3-5(7)9-2;;1-5(2,3)4;/h3H2,1-2H3;;(H3,1,2,3,4);/q;+1;;-1. The number of esters is 2. The first-order valence-electron chi connectivity index (χ1n) is 3.12. The van der Waals surface area contributed by atoms with Crippen LogP contribution in [0.25, 0.3) is 0 Å². The van der Waals surface area contributed by atoms with Crippen molar-refractivity contribution >= 4 is 19.8 Å². The van der Waals surface area contributed by atoms with Crippen molar-refractivity contribution < 1.29 is 58.6 Å². The van der Waals surface area contributed by atoms with Gasteiger partial charge in [0.15, 0.2) is 0 Å². The third kappa shape index (κ3) is 31.7. The van der Waals surface area contributed by atoms with E-state index in [0.29, 0.717) is 0 Å². The van der Waals surface area contributed by atoms with E-state index in [-0.39, 0.29) is 26.7 Å². The first kappa shape index (κ1) is 20.1. The van der Waals surface area contributed by atoms with Gasteiger partial charge in [-0.1, -0.05) is 0 Å². The maximum atomic E-state index is 10.3. The third-order valence-corrected chi connectivity index (χ3v) is 0.744. The molecule has 0 rings (SSSR count). The molecule has 3 N–H and O–H groups in total. The Balaban J connectivity index is -0.0000000904. The Morgan fingerprint density at radius 2 is 1.33 bits per heavy atom. The average Bonchev–Trinajstić information content (AvgIpc) is 2.01. The maximum Gasteiger partial charge on any atom is 1.00 e. The van der Waals surface area contributed by atoms with Crippen LogP contribution < -0.4 is 18.9 Å². The fraction of sp³-hybridized carbons (Fsp3) is 0.600. The molecule has 0 heterocycles. The molecule has 10 heteroatoms. The quantitative estimate of drug-likeness (QED) is 0.191. The smallest absolute Gasteiger partial charge is 1.00 e. The van der Waals surface area contributed by atoms with Crippen LogP contribution >= 0.6 is 7.82 Å². The summed E-state index contributed by atoms with van der Waals surface area (Å²) in [6.45, 7) is 0. The van der Waals surface area contributed by atoms with Gasteiger partial charge in [0, 0.05) is 0 Å². The van der Waals surface area contributed by atoms with Crippen molar-refractivity contribution in [3.63, 3.8) is 0 Å². The summed E-state index contributed by atoms with van der Waals surface area (Å²) in [6.07, 6.45) is -0.312. The predicted molar refractivity (Wildman–Crippen MR) is 44.0 cm³/mol. The molecule has 86 valence electrons. The number of rotatable bonds is 2. The summed E-state index contributed by atoms with van der Waals surface area (Å²) in [5.74, 6) is -1.16. The number of hydrogen-bond donors (Lipinski definition) is 3. The topological polar surface area (TPSA) is 130 Å². The summed E-state index contributed by atoms with van der Waals surface area (Å²) in [7, 11) is -2.21. The zero-order valence-corrected chi connectivity index (χ0v) is 9.43. The van der Waals surface area contributed by atoms with Gasteiger partial charge in [-0.3, -0.25) is 9.59 Å². The average molecular weight is 238 g/mol. The summed E-state index contributed by atoms with van der Waals surface area (Å²) < 4.78 is 17.2. The van der Waals surface area contributed by atoms with E-state index in [1.165, 1.54) is 14.2 Å². The summed E-state index contributed by atoms with van der Waals surface area (Å²) in [5.41, 5.74) is 0. The minimum atomic E-state index is -4.64. The number of phosphoric acid groups is 1. The van der Waals surface area contributed by atoms with Crippen molar-refractivity contribution in [1.82, 2.24) is 0 Å². The van der Waals surface area contributed by atoms with Gasteiger partial charge in [-0.15, -0.1) is 0 Å². The Morgan fingerprint density at radius 3 is 1.47 bits per heavy atom. The van der Waals surface area contributed by atoms with E-state index >= 15 is 0 Å². The van der Waals surface area contributed by atoms with Gasteiger partial charge in [-0.05, 0) is 0 Å². The Hall–Kier alpha value is -0.353. The largest absolute Gasteiger partial charge is 1.00 e. The molecule has 0 amide bonds. The number of ether oxygens (including phenoxy) is 2. The molecule has 0 saturated heterocycles.